The minimum absolute atomic E-state index is 0.0982. The van der Waals surface area contributed by atoms with Crippen LogP contribution < -0.4 is 0 Å². The predicted octanol–water partition coefficient (Wildman–Crippen LogP) is 2.75. The molecule has 0 aliphatic rings. The molecule has 0 aliphatic heterocycles. The molecule has 2 rings (SSSR count). The van der Waals surface area contributed by atoms with Crippen LogP contribution in [-0.2, 0) is 24.6 Å². The van der Waals surface area contributed by atoms with Crippen LogP contribution in [0.1, 0.15) is 34.1 Å². The number of hydrogen-bond acceptors (Lipinski definition) is 5. The van der Waals surface area contributed by atoms with Crippen molar-refractivity contribution in [2.24, 2.45) is 0 Å². The average Bonchev–Trinajstić information content (AvgIpc) is 2.88. The molecule has 0 atom stereocenters. The van der Waals surface area contributed by atoms with Gasteiger partial charge in [0.05, 0.1) is 36.1 Å². The van der Waals surface area contributed by atoms with E-state index < -0.39 is 5.97 Å². The lowest BCUT2D eigenvalue weighted by Gasteiger charge is -2.15. The maximum absolute atomic E-state index is 12.0. The number of H-pyrrole nitrogens is 1. The van der Waals surface area contributed by atoms with E-state index in [0.717, 1.165) is 0 Å². The van der Waals surface area contributed by atoms with Gasteiger partial charge in [-0.1, -0.05) is 23.7 Å². The van der Waals surface area contributed by atoms with Crippen molar-refractivity contribution in [1.29, 1.82) is 0 Å². The molecule has 1 aromatic carbocycles. The summed E-state index contributed by atoms with van der Waals surface area (Å²) in [5.74, 6) is -0.589. The minimum Gasteiger partial charge on any atom is -0.461 e. The van der Waals surface area contributed by atoms with E-state index >= 15 is 0 Å². The Bertz CT molecular complexity index is 759. The van der Waals surface area contributed by atoms with Crippen LogP contribution in [0, 0.1) is 0 Å². The van der Waals surface area contributed by atoms with Gasteiger partial charge in [-0.15, -0.1) is 0 Å². The molecule has 130 valence electrons. The zero-order valence-corrected chi connectivity index (χ0v) is 15.2. The number of aromatic amines is 1. The summed E-state index contributed by atoms with van der Waals surface area (Å²) >= 11 is 9.67. The van der Waals surface area contributed by atoms with Gasteiger partial charge in [-0.25, -0.2) is 4.79 Å². The van der Waals surface area contributed by atoms with Crippen molar-refractivity contribution in [3.63, 3.8) is 0 Å². The van der Waals surface area contributed by atoms with E-state index in [0.29, 0.717) is 32.4 Å². The van der Waals surface area contributed by atoms with Crippen LogP contribution in [0.15, 0.2) is 16.7 Å². The van der Waals surface area contributed by atoms with E-state index in [1.54, 1.807) is 19.1 Å². The Morgan fingerprint density at radius 2 is 1.88 bits per heavy atom. The number of aliphatic hydroxyl groups excluding tert-OH is 3. The standard InChI is InChI=1S/C16H17BrClNO5/c1-2-24-16(23)14-13(18)12(15(17)19-14)9-4-3-8(5-20)10(6-21)11(9)7-22/h3-4,19-22H,2,5-7H2,1H3. The average molecular weight is 419 g/mol. The molecule has 0 saturated heterocycles. The van der Waals surface area contributed by atoms with Crippen molar-refractivity contribution < 1.29 is 24.9 Å². The van der Waals surface area contributed by atoms with E-state index in [2.05, 4.69) is 20.9 Å². The highest BCUT2D eigenvalue weighted by molar-refractivity contribution is 9.10. The van der Waals surface area contributed by atoms with Gasteiger partial charge in [0.15, 0.2) is 0 Å². The molecule has 24 heavy (non-hydrogen) atoms. The first kappa shape index (κ1) is 19.0. The van der Waals surface area contributed by atoms with Crippen molar-refractivity contribution >= 4 is 33.5 Å². The normalized spacial score (nSPS) is 10.9. The van der Waals surface area contributed by atoms with Crippen LogP contribution >= 0.6 is 27.5 Å². The molecule has 0 radical (unpaired) electrons. The Hall–Kier alpha value is -1.38. The van der Waals surface area contributed by atoms with E-state index in [-0.39, 0.29) is 37.1 Å². The summed E-state index contributed by atoms with van der Waals surface area (Å²) in [6.45, 7) is 0.934. The van der Waals surface area contributed by atoms with Gasteiger partial charge < -0.3 is 25.0 Å². The lowest BCUT2D eigenvalue weighted by Crippen LogP contribution is -2.05. The quantitative estimate of drug-likeness (QED) is 0.540. The summed E-state index contributed by atoms with van der Waals surface area (Å²) in [5.41, 5.74) is 2.49. The first-order valence-corrected chi connectivity index (χ1v) is 8.37. The lowest BCUT2D eigenvalue weighted by atomic mass is 9.93. The molecule has 0 saturated carbocycles. The van der Waals surface area contributed by atoms with Gasteiger partial charge in [-0.2, -0.15) is 0 Å². The van der Waals surface area contributed by atoms with Gasteiger partial charge >= 0.3 is 5.97 Å². The highest BCUT2D eigenvalue weighted by Gasteiger charge is 2.24. The fourth-order valence-electron chi connectivity index (χ4n) is 2.53. The zero-order valence-electron chi connectivity index (χ0n) is 12.9. The first-order chi connectivity index (χ1) is 11.5. The predicted molar refractivity (Wildman–Crippen MR) is 92.7 cm³/mol. The number of nitrogens with one attached hydrogen (secondary N) is 1. The minimum atomic E-state index is -0.589. The van der Waals surface area contributed by atoms with Crippen LogP contribution in [0.4, 0.5) is 0 Å². The summed E-state index contributed by atoms with van der Waals surface area (Å²) < 4.78 is 5.40. The number of carbonyl (C=O) groups excluding carboxylic acids is 1. The van der Waals surface area contributed by atoms with Crippen LogP contribution in [-0.4, -0.2) is 32.9 Å². The molecule has 0 bridgehead atoms. The smallest absolute Gasteiger partial charge is 0.356 e. The second-order valence-electron chi connectivity index (χ2n) is 4.93. The monoisotopic (exact) mass is 417 g/mol. The topological polar surface area (TPSA) is 103 Å². The second kappa shape index (κ2) is 8.13. The van der Waals surface area contributed by atoms with Crippen LogP contribution in [0.3, 0.4) is 0 Å². The number of rotatable bonds is 6. The summed E-state index contributed by atoms with van der Waals surface area (Å²) in [6, 6.07) is 3.31. The summed E-state index contributed by atoms with van der Waals surface area (Å²) in [4.78, 5) is 14.8. The van der Waals surface area contributed by atoms with Gasteiger partial charge in [0.1, 0.15) is 5.69 Å². The third kappa shape index (κ3) is 3.36. The number of halogens is 2. The molecule has 8 heteroatoms. The van der Waals surface area contributed by atoms with Crippen molar-refractivity contribution in [1.82, 2.24) is 4.98 Å². The third-order valence-corrected chi connectivity index (χ3v) is 4.63. The lowest BCUT2D eigenvalue weighted by molar-refractivity contribution is 0.0520. The Labute approximate surface area is 152 Å². The molecule has 6 nitrogen and oxygen atoms in total. The Morgan fingerprint density at radius 3 is 2.42 bits per heavy atom. The molecule has 1 heterocycles. The molecule has 0 unspecified atom stereocenters. The fourth-order valence-corrected chi connectivity index (χ4v) is 3.58. The van der Waals surface area contributed by atoms with Crippen molar-refractivity contribution in [3.05, 3.63) is 44.1 Å². The van der Waals surface area contributed by atoms with Gasteiger partial charge in [0, 0.05) is 5.56 Å². The number of esters is 1. The molecule has 2 aromatic rings. The third-order valence-electron chi connectivity index (χ3n) is 3.66. The summed E-state index contributed by atoms with van der Waals surface area (Å²) in [6.07, 6.45) is 0. The highest BCUT2D eigenvalue weighted by atomic mass is 79.9. The van der Waals surface area contributed by atoms with Crippen LogP contribution in [0.2, 0.25) is 5.02 Å². The SMILES string of the molecule is CCOC(=O)c1[nH]c(Br)c(-c2ccc(CO)c(CO)c2CO)c1Cl. The van der Waals surface area contributed by atoms with E-state index in [1.807, 2.05) is 0 Å². The largest absolute Gasteiger partial charge is 0.461 e. The maximum Gasteiger partial charge on any atom is 0.356 e. The van der Waals surface area contributed by atoms with Gasteiger partial charge in [0.25, 0.3) is 0 Å². The van der Waals surface area contributed by atoms with E-state index in [9.17, 15) is 20.1 Å². The number of ether oxygens (including phenoxy) is 1. The van der Waals surface area contributed by atoms with Crippen LogP contribution in [0.5, 0.6) is 0 Å². The molecule has 4 N–H and O–H groups in total. The Morgan fingerprint density at radius 1 is 1.21 bits per heavy atom. The molecular weight excluding hydrogens is 402 g/mol. The molecular formula is C16H17BrClNO5. The Balaban J connectivity index is 2.67. The van der Waals surface area contributed by atoms with Gasteiger partial charge in [-0.3, -0.25) is 0 Å². The van der Waals surface area contributed by atoms with Crippen LogP contribution in [0.25, 0.3) is 11.1 Å². The van der Waals surface area contributed by atoms with Gasteiger partial charge in [0.2, 0.25) is 0 Å². The van der Waals surface area contributed by atoms with Crippen molar-refractivity contribution in [2.45, 2.75) is 26.7 Å². The molecule has 0 aliphatic carbocycles. The second-order valence-corrected chi connectivity index (χ2v) is 6.10. The van der Waals surface area contributed by atoms with Crippen molar-refractivity contribution in [2.75, 3.05) is 6.61 Å². The summed E-state index contributed by atoms with van der Waals surface area (Å²) in [5, 5.41) is 28.9. The van der Waals surface area contributed by atoms with E-state index in [4.69, 9.17) is 16.3 Å². The fraction of sp³-hybridized carbons (Fsp3) is 0.312. The number of carbonyl (C=O) groups is 1. The number of hydrogen-bond donors (Lipinski definition) is 4. The summed E-state index contributed by atoms with van der Waals surface area (Å²) in [7, 11) is 0. The molecule has 0 spiro atoms. The number of aliphatic hydroxyl groups is 3. The zero-order chi connectivity index (χ0) is 17.9. The molecule has 0 amide bonds. The number of benzene rings is 1. The first-order valence-electron chi connectivity index (χ1n) is 7.20. The van der Waals surface area contributed by atoms with E-state index in [1.165, 1.54) is 0 Å². The van der Waals surface area contributed by atoms with Crippen molar-refractivity contribution in [3.8, 4) is 11.1 Å². The highest BCUT2D eigenvalue weighted by Crippen LogP contribution is 2.40. The molecule has 0 fully saturated rings. The molecule has 1 aromatic heterocycles. The maximum atomic E-state index is 12.0. The van der Waals surface area contributed by atoms with Gasteiger partial charge in [-0.05, 0) is 45.1 Å². The number of aromatic nitrogens is 1. The Kier molecular flexibility index (Phi) is 6.42.